The Bertz CT molecular complexity index is 554. The summed E-state index contributed by atoms with van der Waals surface area (Å²) in [6.45, 7) is 6.82. The highest BCUT2D eigenvalue weighted by Gasteiger charge is 2.45. The highest BCUT2D eigenvalue weighted by Crippen LogP contribution is 2.39. The standard InChI is InChI=1S/C15H25N2O4P/c1-9-10(8-17(2)15(20)16-9)14-13(19)12(18)11(21-14)6-7-22(3,4)5/h8,11-14,18-19H,1,3,6-7H2,2,4-5H3,(H,16,20)/t11-,12-,13-,14+/m1/s1. The lowest BCUT2D eigenvalue weighted by atomic mass is 9.99. The maximum atomic E-state index is 11.5. The molecule has 0 aromatic rings. The highest BCUT2D eigenvalue weighted by atomic mass is 31.2. The molecule has 2 heterocycles. The van der Waals surface area contributed by atoms with Crippen LogP contribution in [0.3, 0.4) is 0 Å². The van der Waals surface area contributed by atoms with E-state index in [-0.39, 0.29) is 6.03 Å². The van der Waals surface area contributed by atoms with Crippen molar-refractivity contribution >= 4 is 19.2 Å². The Morgan fingerprint density at radius 3 is 2.64 bits per heavy atom. The van der Waals surface area contributed by atoms with Gasteiger partial charge in [-0.1, -0.05) is 6.58 Å². The predicted molar refractivity (Wildman–Crippen MR) is 89.6 cm³/mol. The quantitative estimate of drug-likeness (QED) is 0.661. The van der Waals surface area contributed by atoms with Gasteiger partial charge in [0.25, 0.3) is 0 Å². The molecule has 6 nitrogen and oxygen atoms in total. The topological polar surface area (TPSA) is 82.0 Å². The van der Waals surface area contributed by atoms with Crippen LogP contribution < -0.4 is 5.32 Å². The number of ether oxygens (including phenoxy) is 1. The molecule has 2 rings (SSSR count). The van der Waals surface area contributed by atoms with E-state index in [0.717, 1.165) is 6.16 Å². The highest BCUT2D eigenvalue weighted by molar-refractivity contribution is 7.72. The Morgan fingerprint density at radius 1 is 1.41 bits per heavy atom. The summed E-state index contributed by atoms with van der Waals surface area (Å²) in [7, 11) is 1.60. The van der Waals surface area contributed by atoms with Crippen molar-refractivity contribution in [3.05, 3.63) is 24.0 Å². The molecule has 0 bridgehead atoms. The molecule has 4 atom stereocenters. The Kier molecular flexibility index (Phi) is 4.87. The van der Waals surface area contributed by atoms with Crippen LogP contribution in [-0.2, 0) is 4.74 Å². The van der Waals surface area contributed by atoms with Crippen molar-refractivity contribution in [2.75, 3.05) is 26.5 Å². The van der Waals surface area contributed by atoms with Crippen LogP contribution in [0.4, 0.5) is 4.79 Å². The molecule has 0 aromatic carbocycles. The number of aliphatic hydroxyl groups is 2. The lowest BCUT2D eigenvalue weighted by Crippen LogP contribution is -2.42. The molecule has 2 aliphatic rings. The van der Waals surface area contributed by atoms with Crippen LogP contribution in [0.15, 0.2) is 24.0 Å². The van der Waals surface area contributed by atoms with Crippen LogP contribution in [0, 0.1) is 0 Å². The van der Waals surface area contributed by atoms with Gasteiger partial charge in [0.05, 0.1) is 6.10 Å². The summed E-state index contributed by atoms with van der Waals surface area (Å²) in [6.07, 6.45) is 4.15. The van der Waals surface area contributed by atoms with E-state index in [9.17, 15) is 15.0 Å². The zero-order chi connectivity index (χ0) is 16.7. The Labute approximate surface area is 131 Å². The minimum atomic E-state index is -1.22. The molecule has 124 valence electrons. The summed E-state index contributed by atoms with van der Waals surface area (Å²) >= 11 is 0. The molecule has 0 spiro atoms. The predicted octanol–water partition coefficient (Wildman–Crippen LogP) is 0.627. The number of carbonyl (C=O) groups is 1. The van der Waals surface area contributed by atoms with Crippen molar-refractivity contribution in [1.29, 1.82) is 0 Å². The van der Waals surface area contributed by atoms with Gasteiger partial charge in [0.2, 0.25) is 0 Å². The van der Waals surface area contributed by atoms with E-state index in [1.54, 1.807) is 13.2 Å². The smallest absolute Gasteiger partial charge is 0.325 e. The van der Waals surface area contributed by atoms with E-state index in [0.29, 0.717) is 17.7 Å². The maximum absolute atomic E-state index is 11.5. The van der Waals surface area contributed by atoms with Crippen molar-refractivity contribution in [2.45, 2.75) is 30.8 Å². The van der Waals surface area contributed by atoms with Crippen LogP contribution >= 0.6 is 6.89 Å². The zero-order valence-electron chi connectivity index (χ0n) is 13.3. The van der Waals surface area contributed by atoms with Crippen LogP contribution in [0.2, 0.25) is 0 Å². The number of nitrogens with one attached hydrogen (secondary N) is 1. The lowest BCUT2D eigenvalue weighted by molar-refractivity contribution is 0.0187. The third-order valence-electron chi connectivity index (χ3n) is 3.95. The van der Waals surface area contributed by atoms with Gasteiger partial charge < -0.3 is 25.2 Å². The van der Waals surface area contributed by atoms with Crippen molar-refractivity contribution in [2.24, 2.45) is 0 Å². The summed E-state index contributed by atoms with van der Waals surface area (Å²) in [5.41, 5.74) is 0.977. The lowest BCUT2D eigenvalue weighted by Gasteiger charge is -2.28. The van der Waals surface area contributed by atoms with Crippen LogP contribution in [0.1, 0.15) is 6.42 Å². The van der Waals surface area contributed by atoms with Crippen LogP contribution in [0.5, 0.6) is 0 Å². The Hall–Kier alpha value is -1.07. The second kappa shape index (κ2) is 6.20. The molecule has 7 heteroatoms. The van der Waals surface area contributed by atoms with E-state index in [2.05, 4.69) is 31.5 Å². The summed E-state index contributed by atoms with van der Waals surface area (Å²) in [5, 5.41) is 23.1. The fourth-order valence-corrected chi connectivity index (χ4v) is 3.55. The van der Waals surface area contributed by atoms with Crippen LogP contribution in [0.25, 0.3) is 0 Å². The minimum Gasteiger partial charge on any atom is -0.388 e. The first-order valence-corrected chi connectivity index (χ1v) is 10.3. The molecule has 0 aliphatic carbocycles. The maximum Gasteiger partial charge on any atom is 0.325 e. The monoisotopic (exact) mass is 328 g/mol. The summed E-state index contributed by atoms with van der Waals surface area (Å²) in [6, 6.07) is -0.290. The summed E-state index contributed by atoms with van der Waals surface area (Å²) in [5.74, 6) is 0. The molecule has 1 saturated heterocycles. The van der Waals surface area contributed by atoms with E-state index < -0.39 is 31.3 Å². The Morgan fingerprint density at radius 2 is 2.05 bits per heavy atom. The second-order valence-electron chi connectivity index (χ2n) is 6.63. The molecular weight excluding hydrogens is 303 g/mol. The molecule has 2 amide bonds. The summed E-state index contributed by atoms with van der Waals surface area (Å²) < 4.78 is 5.86. The van der Waals surface area contributed by atoms with Crippen molar-refractivity contribution < 1.29 is 19.7 Å². The average molecular weight is 328 g/mol. The number of hydrogen-bond donors (Lipinski definition) is 3. The molecule has 0 saturated carbocycles. The zero-order valence-corrected chi connectivity index (χ0v) is 14.2. The first kappa shape index (κ1) is 17.3. The molecule has 1 fully saturated rings. The van der Waals surface area contributed by atoms with Gasteiger partial charge in [-0.2, -0.15) is 0 Å². The number of nitrogens with zero attached hydrogens (tertiary/aromatic N) is 1. The van der Waals surface area contributed by atoms with Crippen molar-refractivity contribution in [3.8, 4) is 0 Å². The van der Waals surface area contributed by atoms with E-state index in [1.807, 2.05) is 0 Å². The number of rotatable bonds is 4. The van der Waals surface area contributed by atoms with Gasteiger partial charge >= 0.3 is 6.03 Å². The van der Waals surface area contributed by atoms with E-state index in [4.69, 9.17) is 4.74 Å². The van der Waals surface area contributed by atoms with Gasteiger partial charge in [-0.05, 0) is 25.9 Å². The van der Waals surface area contributed by atoms with E-state index >= 15 is 0 Å². The average Bonchev–Trinajstić information content (AvgIpc) is 2.68. The molecule has 3 N–H and O–H groups in total. The van der Waals surface area contributed by atoms with Gasteiger partial charge in [0, 0.05) is 24.5 Å². The number of aliphatic hydroxyl groups excluding tert-OH is 2. The van der Waals surface area contributed by atoms with Crippen LogP contribution in [-0.4, -0.2) is 78.4 Å². The molecule has 22 heavy (non-hydrogen) atoms. The Balaban J connectivity index is 2.13. The van der Waals surface area contributed by atoms with Crippen molar-refractivity contribution in [1.82, 2.24) is 10.2 Å². The number of urea groups is 1. The third kappa shape index (κ3) is 3.63. The van der Waals surface area contributed by atoms with Gasteiger partial charge in [0.1, 0.15) is 18.3 Å². The number of carbonyl (C=O) groups excluding carboxylic acids is 1. The number of amides is 2. The summed E-state index contributed by atoms with van der Waals surface area (Å²) in [4.78, 5) is 12.9. The minimum absolute atomic E-state index is 0.290. The molecule has 2 aliphatic heterocycles. The SMILES string of the molecule is C=C1NC(=O)N(C)C=C1[C@@H]1O[C@H](CCP(=C)(C)C)[C@@H](O)[C@H]1O. The first-order valence-electron chi connectivity index (χ1n) is 7.24. The molecular formula is C15H25N2O4P. The third-order valence-corrected chi connectivity index (χ3v) is 5.42. The van der Waals surface area contributed by atoms with Gasteiger partial charge in [-0.15, -0.1) is 13.2 Å². The van der Waals surface area contributed by atoms with Gasteiger partial charge in [0.15, 0.2) is 0 Å². The van der Waals surface area contributed by atoms with E-state index in [1.165, 1.54) is 4.90 Å². The molecule has 0 radical (unpaired) electrons. The van der Waals surface area contributed by atoms with Gasteiger partial charge in [-0.25, -0.2) is 4.79 Å². The number of hydrogen-bond acceptors (Lipinski definition) is 4. The molecule has 0 unspecified atom stereocenters. The second-order valence-corrected chi connectivity index (χ2v) is 10.9. The normalized spacial score (nSPS) is 33.0. The van der Waals surface area contributed by atoms with Crippen molar-refractivity contribution in [3.63, 3.8) is 0 Å². The first-order chi connectivity index (χ1) is 10.1. The van der Waals surface area contributed by atoms with Gasteiger partial charge in [-0.3, -0.25) is 0 Å². The largest absolute Gasteiger partial charge is 0.388 e. The fraction of sp³-hybridized carbons (Fsp3) is 0.600. The fourth-order valence-electron chi connectivity index (χ4n) is 2.60. The molecule has 0 aromatic heterocycles.